The molecule has 5 aliphatic rings. The number of fused-ring (bicyclic) bond motifs is 3. The van der Waals surface area contributed by atoms with Crippen molar-refractivity contribution in [2.24, 2.45) is 16.7 Å². The minimum Gasteiger partial charge on any atom is -0.449 e. The Kier molecular flexibility index (Phi) is 10.2. The SMILES string of the molecule is C=C[C@@H]1C[C@]1(NC(=O)[C@@H]1C[C@@H]2CN1C(=O)[C@H](C(C)(C)C)NC(=O)OCC(C)(C)CC=Cc1cccc3c1CN(CC3)C(=O)O2)C(=O)NS(=O)(=O)C1CC1. The topological polar surface area (TPSA) is 181 Å². The average molecular weight is 754 g/mol. The second-order valence-electron chi connectivity index (χ2n) is 16.9. The monoisotopic (exact) mass is 753 g/mol. The van der Waals surface area contributed by atoms with Crippen LogP contribution in [0, 0.1) is 16.7 Å². The number of hydrogen-bond donors (Lipinski definition) is 3. The molecule has 6 rings (SSSR count). The van der Waals surface area contributed by atoms with Gasteiger partial charge in [0, 0.05) is 30.8 Å². The molecule has 15 heteroatoms. The van der Waals surface area contributed by atoms with Crippen molar-refractivity contribution in [3.05, 3.63) is 53.6 Å². The maximum atomic E-state index is 14.5. The highest BCUT2D eigenvalue weighted by molar-refractivity contribution is 7.91. The molecule has 14 nitrogen and oxygen atoms in total. The van der Waals surface area contributed by atoms with Crippen LogP contribution in [-0.4, -0.2) is 96.8 Å². The van der Waals surface area contributed by atoms with Crippen molar-refractivity contribution in [2.45, 2.75) is 109 Å². The molecule has 0 radical (unpaired) electrons. The smallest absolute Gasteiger partial charge is 0.410 e. The van der Waals surface area contributed by atoms with Crippen LogP contribution in [0.5, 0.6) is 0 Å². The molecule has 1 aromatic rings. The van der Waals surface area contributed by atoms with Gasteiger partial charge in [0.2, 0.25) is 21.8 Å². The first-order chi connectivity index (χ1) is 24.8. The summed E-state index contributed by atoms with van der Waals surface area (Å²) in [7, 11) is -3.91. The molecular formula is C38H51N5O9S. The summed E-state index contributed by atoms with van der Waals surface area (Å²) in [6.07, 6.45) is 5.37. The Hall–Kier alpha value is -4.40. The number of amides is 5. The third-order valence-corrected chi connectivity index (χ3v) is 12.7. The van der Waals surface area contributed by atoms with Gasteiger partial charge in [-0.15, -0.1) is 6.58 Å². The molecule has 4 bridgehead atoms. The molecule has 53 heavy (non-hydrogen) atoms. The Morgan fingerprint density at radius 1 is 1.13 bits per heavy atom. The molecule has 3 fully saturated rings. The van der Waals surface area contributed by atoms with Gasteiger partial charge >= 0.3 is 12.2 Å². The fourth-order valence-electron chi connectivity index (χ4n) is 7.33. The van der Waals surface area contributed by atoms with E-state index in [2.05, 4.69) is 21.9 Å². The van der Waals surface area contributed by atoms with Crippen molar-refractivity contribution in [1.82, 2.24) is 25.2 Å². The zero-order valence-electron chi connectivity index (χ0n) is 31.1. The van der Waals surface area contributed by atoms with Gasteiger partial charge in [0.25, 0.3) is 5.91 Å². The molecule has 1 aromatic carbocycles. The number of nitrogens with zero attached hydrogens (tertiary/aromatic N) is 2. The van der Waals surface area contributed by atoms with Gasteiger partial charge < -0.3 is 29.9 Å². The lowest BCUT2D eigenvalue weighted by Gasteiger charge is -2.35. The number of cyclic esters (lactones) is 1. The number of allylic oxidation sites excluding steroid dienone is 1. The van der Waals surface area contributed by atoms with Crippen LogP contribution in [-0.2, 0) is 46.8 Å². The van der Waals surface area contributed by atoms with Crippen molar-refractivity contribution in [1.29, 1.82) is 0 Å². The summed E-state index contributed by atoms with van der Waals surface area (Å²) in [4.78, 5) is 72.0. The summed E-state index contributed by atoms with van der Waals surface area (Å²) in [5.41, 5.74) is 0.227. The minimum absolute atomic E-state index is 0.0686. The van der Waals surface area contributed by atoms with E-state index < -0.39 is 85.7 Å². The fourth-order valence-corrected chi connectivity index (χ4v) is 8.69. The largest absolute Gasteiger partial charge is 0.449 e. The van der Waals surface area contributed by atoms with E-state index in [0.717, 1.165) is 16.7 Å². The third kappa shape index (κ3) is 8.24. The van der Waals surface area contributed by atoms with E-state index in [0.29, 0.717) is 38.8 Å². The number of ether oxygens (including phenoxy) is 2. The molecule has 5 atom stereocenters. The summed E-state index contributed by atoms with van der Waals surface area (Å²) in [5, 5.41) is 4.82. The predicted molar refractivity (Wildman–Crippen MR) is 195 cm³/mol. The Labute approximate surface area is 311 Å². The number of nitrogens with one attached hydrogen (secondary N) is 3. The van der Waals surface area contributed by atoms with E-state index in [1.807, 2.05) is 44.2 Å². The summed E-state index contributed by atoms with van der Waals surface area (Å²) in [6, 6.07) is 3.65. The van der Waals surface area contributed by atoms with Gasteiger partial charge in [-0.25, -0.2) is 18.0 Å². The van der Waals surface area contributed by atoms with Crippen LogP contribution in [0.25, 0.3) is 6.08 Å². The number of carbonyl (C=O) groups excluding carboxylic acids is 5. The van der Waals surface area contributed by atoms with Crippen LogP contribution < -0.4 is 15.4 Å². The van der Waals surface area contributed by atoms with E-state index in [1.54, 1.807) is 25.7 Å². The summed E-state index contributed by atoms with van der Waals surface area (Å²) in [5.74, 6) is -2.73. The first-order valence-electron chi connectivity index (χ1n) is 18.3. The van der Waals surface area contributed by atoms with Gasteiger partial charge in [-0.2, -0.15) is 0 Å². The van der Waals surface area contributed by atoms with Crippen LogP contribution in [0.3, 0.4) is 0 Å². The van der Waals surface area contributed by atoms with Crippen molar-refractivity contribution in [3.8, 4) is 0 Å². The van der Waals surface area contributed by atoms with Gasteiger partial charge in [0.1, 0.15) is 23.7 Å². The highest BCUT2D eigenvalue weighted by Gasteiger charge is 2.62. The Morgan fingerprint density at radius 3 is 2.53 bits per heavy atom. The number of alkyl carbamates (subject to hydrolysis) is 1. The van der Waals surface area contributed by atoms with E-state index in [-0.39, 0.29) is 26.0 Å². The number of sulfonamides is 1. The second-order valence-corrected chi connectivity index (χ2v) is 18.8. The van der Waals surface area contributed by atoms with Gasteiger partial charge in [0.05, 0.1) is 18.4 Å². The molecule has 0 unspecified atom stereocenters. The fraction of sp³-hybridized carbons (Fsp3) is 0.605. The van der Waals surface area contributed by atoms with Crippen molar-refractivity contribution >= 4 is 46.0 Å². The third-order valence-electron chi connectivity index (χ3n) is 10.9. The van der Waals surface area contributed by atoms with E-state index in [9.17, 15) is 32.4 Å². The Morgan fingerprint density at radius 2 is 1.87 bits per heavy atom. The van der Waals surface area contributed by atoms with Gasteiger partial charge in [-0.05, 0) is 54.2 Å². The lowest BCUT2D eigenvalue weighted by molar-refractivity contribution is -0.143. The van der Waals surface area contributed by atoms with Gasteiger partial charge in [-0.3, -0.25) is 19.1 Å². The lowest BCUT2D eigenvalue weighted by atomic mass is 9.85. The van der Waals surface area contributed by atoms with E-state index in [4.69, 9.17) is 9.47 Å². The highest BCUT2D eigenvalue weighted by Crippen LogP contribution is 2.45. The summed E-state index contributed by atoms with van der Waals surface area (Å²) < 4.78 is 39.1. The maximum Gasteiger partial charge on any atom is 0.410 e. The lowest BCUT2D eigenvalue weighted by Crippen LogP contribution is -2.60. The van der Waals surface area contributed by atoms with Crippen molar-refractivity contribution < 1.29 is 41.9 Å². The molecule has 3 heterocycles. The highest BCUT2D eigenvalue weighted by atomic mass is 32.2. The van der Waals surface area contributed by atoms with E-state index >= 15 is 0 Å². The molecule has 2 aliphatic carbocycles. The van der Waals surface area contributed by atoms with Crippen molar-refractivity contribution in [2.75, 3.05) is 19.7 Å². The Bertz CT molecular complexity index is 1830. The average Bonchev–Trinajstić information content (AvgIpc) is 4.02. The van der Waals surface area contributed by atoms with Gasteiger partial charge in [-0.1, -0.05) is 71.0 Å². The van der Waals surface area contributed by atoms with Crippen LogP contribution in [0.1, 0.15) is 83.4 Å². The summed E-state index contributed by atoms with van der Waals surface area (Å²) >= 11 is 0. The van der Waals surface area contributed by atoms with Crippen LogP contribution >= 0.6 is 0 Å². The van der Waals surface area contributed by atoms with E-state index in [1.165, 1.54) is 11.0 Å². The standard InChI is InChI=1S/C38H51N5O9S/c1-7-25-19-38(25,33(46)41-53(49,50)27-13-14-27)40-31(44)29-18-26-20-43(29)32(45)30(36(2,3)4)39-34(47)51-22-37(5,6)16-9-12-23-10-8-11-24-15-17-42(21-28(23)24)35(48)52-26/h7-12,25-27,29-30H,1,13-22H2,2-6H3,(H,39,47)(H,40,44)(H,41,46)/t25-,26-,29+,30-,38-/m1/s1. The molecule has 288 valence electrons. The zero-order valence-corrected chi connectivity index (χ0v) is 31.9. The quantitative estimate of drug-likeness (QED) is 0.367. The summed E-state index contributed by atoms with van der Waals surface area (Å²) in [6.45, 7) is 13.6. The van der Waals surface area contributed by atoms with Crippen LogP contribution in [0.2, 0.25) is 0 Å². The minimum atomic E-state index is -3.91. The number of carbonyl (C=O) groups is 5. The number of rotatable bonds is 6. The predicted octanol–water partition coefficient (Wildman–Crippen LogP) is 3.40. The molecule has 0 spiro atoms. The molecule has 3 aliphatic heterocycles. The molecule has 5 amide bonds. The zero-order chi connectivity index (χ0) is 38.5. The van der Waals surface area contributed by atoms with Crippen LogP contribution in [0.4, 0.5) is 9.59 Å². The first-order valence-corrected chi connectivity index (χ1v) is 19.9. The molecular weight excluding hydrogens is 703 g/mol. The molecule has 1 saturated heterocycles. The first kappa shape index (κ1) is 38.3. The molecule has 0 aromatic heterocycles. The normalized spacial score (nSPS) is 29.0. The van der Waals surface area contributed by atoms with Gasteiger partial charge in [0.15, 0.2) is 0 Å². The van der Waals surface area contributed by atoms with Crippen LogP contribution in [0.15, 0.2) is 36.9 Å². The second kappa shape index (κ2) is 14.1. The number of hydrogen-bond acceptors (Lipinski definition) is 9. The van der Waals surface area contributed by atoms with Crippen molar-refractivity contribution in [3.63, 3.8) is 0 Å². The molecule has 3 N–H and O–H groups in total. The molecule has 2 saturated carbocycles. The Balaban J connectivity index is 1.30. The maximum absolute atomic E-state index is 14.5. The number of benzene rings is 1.